The van der Waals surface area contributed by atoms with Crippen LogP contribution in [0.1, 0.15) is 32.6 Å². The topological polar surface area (TPSA) is 32.7 Å². The van der Waals surface area contributed by atoms with Crippen LogP contribution in [-0.4, -0.2) is 24.7 Å². The number of amides is 1. The molecule has 0 saturated carbocycles. The van der Waals surface area contributed by atoms with Gasteiger partial charge in [-0.1, -0.05) is 19.8 Å². The van der Waals surface area contributed by atoms with Gasteiger partial charge in [0.05, 0.1) is 0 Å². The fourth-order valence-corrected chi connectivity index (χ4v) is 0.699. The van der Waals surface area contributed by atoms with Gasteiger partial charge in [0.15, 0.2) is 0 Å². The molecule has 11 heavy (non-hydrogen) atoms. The Kier molecular flexibility index (Phi) is 6.68. The minimum absolute atomic E-state index is 0.691. The molecule has 0 N–H and O–H groups in total. The molecule has 0 rings (SSSR count). The van der Waals surface area contributed by atoms with Gasteiger partial charge in [-0.25, -0.2) is 5.01 Å². The summed E-state index contributed by atoms with van der Waals surface area (Å²) >= 11 is 0. The van der Waals surface area contributed by atoms with Crippen molar-refractivity contribution in [3.8, 4) is 0 Å². The normalized spacial score (nSPS) is 10.4. The van der Waals surface area contributed by atoms with Crippen molar-refractivity contribution in [3.05, 3.63) is 0 Å². The van der Waals surface area contributed by atoms with E-state index in [1.54, 1.807) is 13.3 Å². The number of carbonyl (C=O) groups is 1. The largest absolute Gasteiger partial charge is 0.277 e. The third kappa shape index (κ3) is 7.03. The van der Waals surface area contributed by atoms with Crippen molar-refractivity contribution in [1.82, 2.24) is 5.01 Å². The van der Waals surface area contributed by atoms with Gasteiger partial charge in [-0.3, -0.25) is 4.79 Å². The zero-order valence-electron chi connectivity index (χ0n) is 7.29. The first-order chi connectivity index (χ1) is 5.31. The molecule has 0 aromatic heterocycles. The molecule has 0 unspecified atom stereocenters. The number of rotatable bonds is 6. The first-order valence-corrected chi connectivity index (χ1v) is 4.01. The van der Waals surface area contributed by atoms with E-state index < -0.39 is 0 Å². The van der Waals surface area contributed by atoms with Crippen LogP contribution in [0.2, 0.25) is 0 Å². The van der Waals surface area contributed by atoms with Crippen LogP contribution >= 0.6 is 0 Å². The smallest absolute Gasteiger partial charge is 0.229 e. The summed E-state index contributed by atoms with van der Waals surface area (Å²) in [5.74, 6) is 0. The fraction of sp³-hybridized carbons (Fsp3) is 0.750. The third-order valence-electron chi connectivity index (χ3n) is 1.35. The molecule has 0 bridgehead atoms. The molecule has 0 aliphatic carbocycles. The summed E-state index contributed by atoms with van der Waals surface area (Å²) in [6.07, 6.45) is 7.05. The standard InChI is InChI=1S/C8H16N2O/c1-3-4-5-6-7-9-10(2)8-11/h7-8H,3-6H2,1-2H3. The summed E-state index contributed by atoms with van der Waals surface area (Å²) in [5, 5.41) is 5.12. The number of hydrogen-bond acceptors (Lipinski definition) is 2. The highest BCUT2D eigenvalue weighted by Gasteiger charge is 1.84. The Bertz CT molecular complexity index is 123. The summed E-state index contributed by atoms with van der Waals surface area (Å²) in [7, 11) is 1.63. The summed E-state index contributed by atoms with van der Waals surface area (Å²) in [6, 6.07) is 0. The van der Waals surface area contributed by atoms with E-state index in [9.17, 15) is 4.79 Å². The van der Waals surface area contributed by atoms with E-state index in [-0.39, 0.29) is 0 Å². The van der Waals surface area contributed by atoms with E-state index in [0.29, 0.717) is 6.41 Å². The molecule has 0 aliphatic heterocycles. The van der Waals surface area contributed by atoms with Crippen LogP contribution < -0.4 is 0 Å². The molecule has 0 heterocycles. The SMILES string of the molecule is CCCCCC=NN(C)C=O. The molecule has 0 aromatic rings. The number of nitrogens with zero attached hydrogens (tertiary/aromatic N) is 2. The van der Waals surface area contributed by atoms with Crippen LogP contribution in [0.5, 0.6) is 0 Å². The number of carbonyl (C=O) groups excluding carboxylic acids is 1. The molecule has 64 valence electrons. The zero-order valence-corrected chi connectivity index (χ0v) is 7.29. The Balaban J connectivity index is 3.22. The average Bonchev–Trinajstić information content (AvgIpc) is 2.04. The maximum atomic E-state index is 10.0. The van der Waals surface area contributed by atoms with E-state index in [1.807, 2.05) is 0 Å². The van der Waals surface area contributed by atoms with Crippen molar-refractivity contribution >= 4 is 12.6 Å². The van der Waals surface area contributed by atoms with Gasteiger partial charge in [0.2, 0.25) is 6.41 Å². The molecule has 3 heteroatoms. The molecular formula is C8H16N2O. The Labute approximate surface area is 68.1 Å². The van der Waals surface area contributed by atoms with Gasteiger partial charge in [0.1, 0.15) is 0 Å². The van der Waals surface area contributed by atoms with Crippen LogP contribution in [0.4, 0.5) is 0 Å². The van der Waals surface area contributed by atoms with Gasteiger partial charge in [0, 0.05) is 13.3 Å². The highest BCUT2D eigenvalue weighted by molar-refractivity contribution is 5.59. The highest BCUT2D eigenvalue weighted by atomic mass is 16.1. The first kappa shape index (κ1) is 10.1. The lowest BCUT2D eigenvalue weighted by atomic mass is 10.2. The summed E-state index contributed by atoms with van der Waals surface area (Å²) in [4.78, 5) is 10.0. The van der Waals surface area contributed by atoms with E-state index in [0.717, 1.165) is 12.8 Å². The molecule has 1 amide bonds. The van der Waals surface area contributed by atoms with Gasteiger partial charge in [-0.15, -0.1) is 0 Å². The molecule has 0 aromatic carbocycles. The van der Waals surface area contributed by atoms with Gasteiger partial charge in [0.25, 0.3) is 0 Å². The van der Waals surface area contributed by atoms with Crippen molar-refractivity contribution in [2.75, 3.05) is 7.05 Å². The van der Waals surface area contributed by atoms with Gasteiger partial charge in [-0.2, -0.15) is 5.10 Å². The van der Waals surface area contributed by atoms with E-state index in [4.69, 9.17) is 0 Å². The van der Waals surface area contributed by atoms with Gasteiger partial charge in [-0.05, 0) is 12.8 Å². The van der Waals surface area contributed by atoms with Gasteiger partial charge < -0.3 is 0 Å². The molecule has 0 saturated heterocycles. The molecule has 0 atom stereocenters. The lowest BCUT2D eigenvalue weighted by Crippen LogP contribution is -2.06. The third-order valence-corrected chi connectivity index (χ3v) is 1.35. The van der Waals surface area contributed by atoms with Crippen LogP contribution in [0, 0.1) is 0 Å². The van der Waals surface area contributed by atoms with Crippen molar-refractivity contribution < 1.29 is 4.79 Å². The monoisotopic (exact) mass is 156 g/mol. The lowest BCUT2D eigenvalue weighted by molar-refractivity contribution is -0.116. The van der Waals surface area contributed by atoms with Crippen molar-refractivity contribution in [1.29, 1.82) is 0 Å². The van der Waals surface area contributed by atoms with E-state index >= 15 is 0 Å². The second-order valence-electron chi connectivity index (χ2n) is 2.47. The van der Waals surface area contributed by atoms with Crippen LogP contribution in [-0.2, 0) is 4.79 Å². The van der Waals surface area contributed by atoms with Gasteiger partial charge >= 0.3 is 0 Å². The lowest BCUT2D eigenvalue weighted by Gasteiger charge is -1.99. The Morgan fingerprint density at radius 1 is 1.45 bits per heavy atom. The Hall–Kier alpha value is -0.860. The predicted molar refractivity (Wildman–Crippen MR) is 46.5 cm³/mol. The Morgan fingerprint density at radius 2 is 2.18 bits per heavy atom. The van der Waals surface area contributed by atoms with Crippen molar-refractivity contribution in [3.63, 3.8) is 0 Å². The van der Waals surface area contributed by atoms with E-state index in [1.165, 1.54) is 17.9 Å². The quantitative estimate of drug-likeness (QED) is 0.249. The number of hydrazone groups is 1. The highest BCUT2D eigenvalue weighted by Crippen LogP contribution is 1.96. The van der Waals surface area contributed by atoms with Crippen LogP contribution in [0.15, 0.2) is 5.10 Å². The van der Waals surface area contributed by atoms with Crippen molar-refractivity contribution in [2.45, 2.75) is 32.6 Å². The second-order valence-corrected chi connectivity index (χ2v) is 2.47. The average molecular weight is 156 g/mol. The van der Waals surface area contributed by atoms with E-state index in [2.05, 4.69) is 12.0 Å². The zero-order chi connectivity index (χ0) is 8.53. The molecule has 0 radical (unpaired) electrons. The molecule has 0 spiro atoms. The first-order valence-electron chi connectivity index (χ1n) is 4.01. The summed E-state index contributed by atoms with van der Waals surface area (Å²) in [5.41, 5.74) is 0. The molecular weight excluding hydrogens is 140 g/mol. The van der Waals surface area contributed by atoms with Crippen molar-refractivity contribution in [2.24, 2.45) is 5.10 Å². The molecule has 3 nitrogen and oxygen atoms in total. The molecule has 0 aliphatic rings. The predicted octanol–water partition coefficient (Wildman–Crippen LogP) is 1.64. The maximum absolute atomic E-state index is 10.0. The Morgan fingerprint density at radius 3 is 2.73 bits per heavy atom. The maximum Gasteiger partial charge on any atom is 0.229 e. The summed E-state index contributed by atoms with van der Waals surface area (Å²) < 4.78 is 0. The minimum Gasteiger partial charge on any atom is -0.277 e. The van der Waals surface area contributed by atoms with Crippen LogP contribution in [0.3, 0.4) is 0 Å². The van der Waals surface area contributed by atoms with Crippen LogP contribution in [0.25, 0.3) is 0 Å². The fourth-order valence-electron chi connectivity index (χ4n) is 0.699. The molecule has 0 fully saturated rings. The minimum atomic E-state index is 0.691. The summed E-state index contributed by atoms with van der Waals surface area (Å²) in [6.45, 7) is 2.16. The number of hydrogen-bond donors (Lipinski definition) is 0. The second kappa shape index (κ2) is 7.25. The number of unbranched alkanes of at least 4 members (excludes halogenated alkanes) is 3.